The van der Waals surface area contributed by atoms with Gasteiger partial charge in [0.25, 0.3) is 0 Å². The van der Waals surface area contributed by atoms with Crippen LogP contribution in [-0.2, 0) is 0 Å². The largest absolute Gasteiger partial charge is 0.490 e. The van der Waals surface area contributed by atoms with Crippen LogP contribution in [0.15, 0.2) is 42.5 Å². The first kappa shape index (κ1) is 13.5. The lowest BCUT2D eigenvalue weighted by atomic mass is 10.0. The molecule has 0 aliphatic carbocycles. The second kappa shape index (κ2) is 6.92. The van der Waals surface area contributed by atoms with Gasteiger partial charge in [-0.1, -0.05) is 44.7 Å². The van der Waals surface area contributed by atoms with Crippen LogP contribution in [0.5, 0.6) is 5.75 Å². The van der Waals surface area contributed by atoms with Gasteiger partial charge in [0.05, 0.1) is 6.61 Å². The normalized spacial score (nSPS) is 11.6. The lowest BCUT2D eigenvalue weighted by Gasteiger charge is -2.08. The number of aliphatic hydroxyl groups is 1. The third-order valence-electron chi connectivity index (χ3n) is 2.52. The van der Waals surface area contributed by atoms with E-state index in [9.17, 15) is 5.11 Å². The average molecular weight is 232 g/mol. The number of rotatable bonds is 6. The molecule has 0 atom stereocenters. The molecule has 0 heterocycles. The van der Waals surface area contributed by atoms with Gasteiger partial charge < -0.3 is 9.84 Å². The van der Waals surface area contributed by atoms with Gasteiger partial charge in [0.2, 0.25) is 0 Å². The summed E-state index contributed by atoms with van der Waals surface area (Å²) in [5.41, 5.74) is 2.11. The Kier molecular flexibility index (Phi) is 5.50. The van der Waals surface area contributed by atoms with Gasteiger partial charge in [0, 0.05) is 0 Å². The fourth-order valence-corrected chi connectivity index (χ4v) is 1.42. The molecule has 92 valence electrons. The minimum absolute atomic E-state index is 0.104. The minimum atomic E-state index is 0.104. The molecular formula is C15H20O2. The van der Waals surface area contributed by atoms with Crippen LogP contribution in [0, 0.1) is 5.92 Å². The van der Waals surface area contributed by atoms with Crippen LogP contribution < -0.4 is 4.74 Å². The average Bonchev–Trinajstić information content (AvgIpc) is 2.34. The van der Waals surface area contributed by atoms with Crippen LogP contribution in [0.1, 0.15) is 19.4 Å². The summed E-state index contributed by atoms with van der Waals surface area (Å²) in [7, 11) is 0. The van der Waals surface area contributed by atoms with Crippen molar-refractivity contribution in [3.05, 3.63) is 48.1 Å². The van der Waals surface area contributed by atoms with Crippen LogP contribution in [0.4, 0.5) is 0 Å². The first-order valence-electron chi connectivity index (χ1n) is 5.82. The smallest absolute Gasteiger partial charge is 0.119 e. The lowest BCUT2D eigenvalue weighted by molar-refractivity contribution is 0.320. The summed E-state index contributed by atoms with van der Waals surface area (Å²) in [6.07, 6.45) is 3.73. The fraction of sp³-hybridized carbons (Fsp3) is 0.333. The molecule has 1 rings (SSSR count). The predicted molar refractivity (Wildman–Crippen MR) is 72.0 cm³/mol. The van der Waals surface area contributed by atoms with Gasteiger partial charge in [0.1, 0.15) is 12.4 Å². The quantitative estimate of drug-likeness (QED) is 0.763. The van der Waals surface area contributed by atoms with Crippen molar-refractivity contribution < 1.29 is 9.84 Å². The third-order valence-corrected chi connectivity index (χ3v) is 2.52. The molecule has 0 amide bonds. The number of hydrogen-bond acceptors (Lipinski definition) is 2. The van der Waals surface area contributed by atoms with Gasteiger partial charge in [0.15, 0.2) is 0 Å². The molecule has 17 heavy (non-hydrogen) atoms. The molecule has 0 aliphatic heterocycles. The summed E-state index contributed by atoms with van der Waals surface area (Å²) in [6, 6.07) is 7.81. The van der Waals surface area contributed by atoms with Gasteiger partial charge in [-0.3, -0.25) is 0 Å². The molecule has 1 aromatic rings. The Morgan fingerprint density at radius 3 is 2.47 bits per heavy atom. The van der Waals surface area contributed by atoms with E-state index in [2.05, 4.69) is 20.4 Å². The molecule has 0 saturated carbocycles. The third kappa shape index (κ3) is 4.45. The highest BCUT2D eigenvalue weighted by atomic mass is 16.5. The van der Waals surface area contributed by atoms with E-state index in [4.69, 9.17) is 4.74 Å². The van der Waals surface area contributed by atoms with Crippen molar-refractivity contribution in [3.63, 3.8) is 0 Å². The van der Waals surface area contributed by atoms with Crippen LogP contribution >= 0.6 is 0 Å². The van der Waals surface area contributed by atoms with Crippen LogP contribution in [-0.4, -0.2) is 18.3 Å². The first-order chi connectivity index (χ1) is 8.17. The van der Waals surface area contributed by atoms with Crippen molar-refractivity contribution in [2.45, 2.75) is 13.8 Å². The summed E-state index contributed by atoms with van der Waals surface area (Å²) >= 11 is 0. The molecule has 0 unspecified atom stereocenters. The number of ether oxygens (including phenoxy) is 1. The van der Waals surface area contributed by atoms with E-state index < -0.39 is 0 Å². The Balaban J connectivity index is 2.76. The summed E-state index contributed by atoms with van der Waals surface area (Å²) < 4.78 is 5.40. The maximum Gasteiger partial charge on any atom is 0.119 e. The monoisotopic (exact) mass is 232 g/mol. The van der Waals surface area contributed by atoms with Crippen LogP contribution in [0.25, 0.3) is 6.08 Å². The summed E-state index contributed by atoms with van der Waals surface area (Å²) in [5.74, 6) is 1.19. The lowest BCUT2D eigenvalue weighted by Crippen LogP contribution is -1.98. The highest BCUT2D eigenvalue weighted by molar-refractivity contribution is 5.54. The molecule has 1 N–H and O–H groups in total. The molecular weight excluding hydrogens is 212 g/mol. The standard InChI is InChI=1S/C15H20O2/c1-4-9-17-15-7-5-13(6-8-15)10-14(11-16)12(2)3/h4-8,10,12,16H,1,9,11H2,2-3H3. The van der Waals surface area contributed by atoms with Gasteiger partial charge in [-0.15, -0.1) is 0 Å². The van der Waals surface area contributed by atoms with Gasteiger partial charge >= 0.3 is 0 Å². The Bertz CT molecular complexity index is 374. The highest BCUT2D eigenvalue weighted by Gasteiger charge is 2.01. The number of benzene rings is 1. The molecule has 0 saturated heterocycles. The van der Waals surface area contributed by atoms with Crippen molar-refractivity contribution in [2.75, 3.05) is 13.2 Å². The molecule has 0 bridgehead atoms. The van der Waals surface area contributed by atoms with E-state index in [1.165, 1.54) is 0 Å². The van der Waals surface area contributed by atoms with Gasteiger partial charge in [-0.2, -0.15) is 0 Å². The Labute approximate surface area is 103 Å². The molecule has 0 aliphatic rings. The van der Waals surface area contributed by atoms with Gasteiger partial charge in [-0.05, 0) is 29.2 Å². The number of aliphatic hydroxyl groups excluding tert-OH is 1. The Hall–Kier alpha value is -1.54. The SMILES string of the molecule is C=CCOc1ccc(C=C(CO)C(C)C)cc1. The molecule has 0 fully saturated rings. The molecule has 1 aromatic carbocycles. The Morgan fingerprint density at radius 2 is 2.00 bits per heavy atom. The van der Waals surface area contributed by atoms with Crippen molar-refractivity contribution in [1.82, 2.24) is 0 Å². The van der Waals surface area contributed by atoms with E-state index in [1.54, 1.807) is 6.08 Å². The van der Waals surface area contributed by atoms with E-state index in [0.29, 0.717) is 12.5 Å². The zero-order valence-corrected chi connectivity index (χ0v) is 10.5. The van der Waals surface area contributed by atoms with Crippen molar-refractivity contribution in [2.24, 2.45) is 5.92 Å². The van der Waals surface area contributed by atoms with Crippen molar-refractivity contribution >= 4 is 6.08 Å². The van der Waals surface area contributed by atoms with Crippen LogP contribution in [0.2, 0.25) is 0 Å². The zero-order chi connectivity index (χ0) is 12.7. The molecule has 0 spiro atoms. The molecule has 2 heteroatoms. The van der Waals surface area contributed by atoms with E-state index in [-0.39, 0.29) is 6.61 Å². The van der Waals surface area contributed by atoms with Crippen molar-refractivity contribution in [1.29, 1.82) is 0 Å². The predicted octanol–water partition coefficient (Wildman–Crippen LogP) is 3.28. The van der Waals surface area contributed by atoms with Gasteiger partial charge in [-0.25, -0.2) is 0 Å². The summed E-state index contributed by atoms with van der Waals surface area (Å²) in [6.45, 7) is 8.37. The number of hydrogen-bond donors (Lipinski definition) is 1. The second-order valence-corrected chi connectivity index (χ2v) is 4.20. The Morgan fingerprint density at radius 1 is 1.35 bits per heavy atom. The zero-order valence-electron chi connectivity index (χ0n) is 10.5. The summed E-state index contributed by atoms with van der Waals surface area (Å²) in [4.78, 5) is 0. The van der Waals surface area contributed by atoms with E-state index >= 15 is 0 Å². The molecule has 2 nitrogen and oxygen atoms in total. The second-order valence-electron chi connectivity index (χ2n) is 4.20. The van der Waals surface area contributed by atoms with Crippen molar-refractivity contribution in [3.8, 4) is 5.75 Å². The highest BCUT2D eigenvalue weighted by Crippen LogP contribution is 2.17. The fourth-order valence-electron chi connectivity index (χ4n) is 1.42. The van der Waals surface area contributed by atoms with Crippen LogP contribution in [0.3, 0.4) is 0 Å². The topological polar surface area (TPSA) is 29.5 Å². The molecule has 0 aromatic heterocycles. The van der Waals surface area contributed by atoms with E-state index in [1.807, 2.05) is 30.3 Å². The maximum absolute atomic E-state index is 9.22. The first-order valence-corrected chi connectivity index (χ1v) is 5.82. The molecule has 0 radical (unpaired) electrons. The van der Waals surface area contributed by atoms with E-state index in [0.717, 1.165) is 16.9 Å². The summed E-state index contributed by atoms with van der Waals surface area (Å²) in [5, 5.41) is 9.22. The minimum Gasteiger partial charge on any atom is -0.490 e. The maximum atomic E-state index is 9.22.